The van der Waals surface area contributed by atoms with E-state index in [0.29, 0.717) is 12.4 Å². The average molecular weight is 377 g/mol. The maximum absolute atomic E-state index is 12.4. The van der Waals surface area contributed by atoms with E-state index < -0.39 is 0 Å². The second-order valence-corrected chi connectivity index (χ2v) is 6.88. The lowest BCUT2D eigenvalue weighted by Gasteiger charge is -2.31. The quantitative estimate of drug-likeness (QED) is 0.702. The number of amides is 1. The summed E-state index contributed by atoms with van der Waals surface area (Å²) in [6, 6.07) is 14.0. The second-order valence-electron chi connectivity index (χ2n) is 6.88. The molecule has 2 aromatic heterocycles. The number of carbonyl (C=O) groups excluding carboxylic acids is 1. The summed E-state index contributed by atoms with van der Waals surface area (Å²) in [5.41, 5.74) is 1.24. The lowest BCUT2D eigenvalue weighted by molar-refractivity contribution is -0.125. The highest BCUT2D eigenvalue weighted by atomic mass is 16.1. The summed E-state index contributed by atoms with van der Waals surface area (Å²) in [7, 11) is 0. The Hall–Kier alpha value is -3.29. The lowest BCUT2D eigenvalue weighted by Crippen LogP contribution is -2.41. The molecule has 0 unspecified atom stereocenters. The van der Waals surface area contributed by atoms with Crippen LogP contribution < -0.4 is 10.2 Å². The van der Waals surface area contributed by atoms with Crippen LogP contribution in [0, 0.1) is 5.92 Å². The Bertz CT molecular complexity index is 873. The zero-order chi connectivity index (χ0) is 19.2. The molecule has 4 rings (SSSR count). The third kappa shape index (κ3) is 4.33. The van der Waals surface area contributed by atoms with E-state index in [0.717, 1.165) is 38.2 Å². The summed E-state index contributed by atoms with van der Waals surface area (Å²) in [5, 5.41) is 15.6. The molecule has 0 atom stereocenters. The number of hydrogen-bond acceptors (Lipinski definition) is 6. The van der Waals surface area contributed by atoms with E-state index in [2.05, 4.69) is 42.6 Å². The van der Waals surface area contributed by atoms with Crippen molar-refractivity contribution in [3.05, 3.63) is 60.7 Å². The van der Waals surface area contributed by atoms with Gasteiger partial charge < -0.3 is 10.2 Å². The van der Waals surface area contributed by atoms with E-state index in [4.69, 9.17) is 0 Å². The monoisotopic (exact) mass is 377 g/mol. The maximum atomic E-state index is 12.4. The van der Waals surface area contributed by atoms with Crippen molar-refractivity contribution in [3.63, 3.8) is 0 Å². The molecule has 1 aliphatic heterocycles. The Balaban J connectivity index is 1.24. The van der Waals surface area contributed by atoms with E-state index in [1.165, 1.54) is 11.9 Å². The molecule has 1 N–H and O–H groups in total. The predicted octanol–water partition coefficient (Wildman–Crippen LogP) is 1.63. The normalized spacial score (nSPS) is 14.8. The van der Waals surface area contributed by atoms with Gasteiger partial charge in [-0.3, -0.25) is 4.79 Å². The average Bonchev–Trinajstić information content (AvgIpc) is 3.30. The van der Waals surface area contributed by atoms with Gasteiger partial charge in [0.2, 0.25) is 5.91 Å². The molecule has 3 heterocycles. The third-order valence-electron chi connectivity index (χ3n) is 5.04. The molecule has 3 aromatic rings. The highest BCUT2D eigenvalue weighted by Crippen LogP contribution is 2.22. The molecular formula is C20H23N7O. The van der Waals surface area contributed by atoms with Crippen molar-refractivity contribution in [2.24, 2.45) is 5.92 Å². The van der Waals surface area contributed by atoms with Crippen molar-refractivity contribution in [2.75, 3.05) is 24.5 Å². The molecule has 1 fully saturated rings. The summed E-state index contributed by atoms with van der Waals surface area (Å²) in [6.45, 7) is 2.28. The Kier molecular flexibility index (Phi) is 5.56. The fourth-order valence-electron chi connectivity index (χ4n) is 3.43. The minimum atomic E-state index is 0.0643. The first-order valence-electron chi connectivity index (χ1n) is 9.55. The van der Waals surface area contributed by atoms with Crippen LogP contribution in [0.3, 0.4) is 0 Å². The first-order chi connectivity index (χ1) is 13.8. The summed E-state index contributed by atoms with van der Waals surface area (Å²) in [4.78, 5) is 18.5. The van der Waals surface area contributed by atoms with Crippen molar-refractivity contribution in [1.82, 2.24) is 30.3 Å². The molecule has 28 heavy (non-hydrogen) atoms. The molecule has 0 radical (unpaired) electrons. The number of nitrogens with zero attached hydrogens (tertiary/aromatic N) is 6. The summed E-state index contributed by atoms with van der Waals surface area (Å²) >= 11 is 0. The fraction of sp³-hybridized carbons (Fsp3) is 0.350. The Labute approximate surface area is 163 Å². The molecule has 8 heteroatoms. The maximum Gasteiger partial charge on any atom is 0.223 e. The second kappa shape index (κ2) is 8.60. The summed E-state index contributed by atoms with van der Waals surface area (Å²) in [6.07, 6.45) is 5.56. The molecule has 0 spiro atoms. The van der Waals surface area contributed by atoms with Crippen LogP contribution in [0.1, 0.15) is 18.4 Å². The van der Waals surface area contributed by atoms with Gasteiger partial charge in [-0.05, 0) is 37.0 Å². The zero-order valence-corrected chi connectivity index (χ0v) is 15.6. The van der Waals surface area contributed by atoms with Gasteiger partial charge in [-0.15, -0.1) is 10.2 Å². The van der Waals surface area contributed by atoms with Crippen molar-refractivity contribution >= 4 is 11.7 Å². The van der Waals surface area contributed by atoms with Gasteiger partial charge in [0.1, 0.15) is 12.7 Å². The number of rotatable bonds is 6. The molecule has 0 saturated carbocycles. The highest BCUT2D eigenvalue weighted by Gasteiger charge is 2.25. The Morgan fingerprint density at radius 2 is 1.79 bits per heavy atom. The van der Waals surface area contributed by atoms with E-state index in [1.54, 1.807) is 11.0 Å². The number of hydrogen-bond donors (Lipinski definition) is 1. The van der Waals surface area contributed by atoms with Crippen LogP contribution in [-0.2, 0) is 11.2 Å². The number of piperidine rings is 1. The SMILES string of the molecule is O=C(NCCc1ccccc1)C1CCN(c2ccc(-n3cncn3)nn2)CC1. The van der Waals surface area contributed by atoms with Gasteiger partial charge in [0.25, 0.3) is 0 Å². The molecule has 1 amide bonds. The number of aromatic nitrogens is 5. The van der Waals surface area contributed by atoms with Gasteiger partial charge in [-0.25, -0.2) is 9.67 Å². The zero-order valence-electron chi connectivity index (χ0n) is 15.6. The fourth-order valence-corrected chi connectivity index (χ4v) is 3.43. The van der Waals surface area contributed by atoms with Gasteiger partial charge in [-0.1, -0.05) is 30.3 Å². The van der Waals surface area contributed by atoms with Crippen molar-refractivity contribution in [3.8, 4) is 5.82 Å². The van der Waals surface area contributed by atoms with Crippen molar-refractivity contribution in [1.29, 1.82) is 0 Å². The topological polar surface area (TPSA) is 88.8 Å². The third-order valence-corrected chi connectivity index (χ3v) is 5.04. The van der Waals surface area contributed by atoms with Gasteiger partial charge in [-0.2, -0.15) is 5.10 Å². The van der Waals surface area contributed by atoms with E-state index in [9.17, 15) is 4.79 Å². The molecule has 0 bridgehead atoms. The highest BCUT2D eigenvalue weighted by molar-refractivity contribution is 5.79. The molecule has 8 nitrogen and oxygen atoms in total. The molecular weight excluding hydrogens is 354 g/mol. The molecule has 144 valence electrons. The van der Waals surface area contributed by atoms with Gasteiger partial charge in [0, 0.05) is 25.6 Å². The Morgan fingerprint density at radius 1 is 1.04 bits per heavy atom. The van der Waals surface area contributed by atoms with Crippen LogP contribution in [0.15, 0.2) is 55.1 Å². The van der Waals surface area contributed by atoms with Gasteiger partial charge in [0.05, 0.1) is 0 Å². The molecule has 1 aromatic carbocycles. The van der Waals surface area contributed by atoms with Crippen LogP contribution in [0.25, 0.3) is 5.82 Å². The van der Waals surface area contributed by atoms with E-state index >= 15 is 0 Å². The largest absolute Gasteiger partial charge is 0.356 e. The van der Waals surface area contributed by atoms with Gasteiger partial charge in [0.15, 0.2) is 11.6 Å². The van der Waals surface area contributed by atoms with E-state index in [1.807, 2.05) is 30.3 Å². The van der Waals surface area contributed by atoms with E-state index in [-0.39, 0.29) is 11.8 Å². The minimum absolute atomic E-state index is 0.0643. The van der Waals surface area contributed by atoms with Crippen molar-refractivity contribution < 1.29 is 4.79 Å². The van der Waals surface area contributed by atoms with Crippen LogP contribution in [0.4, 0.5) is 5.82 Å². The first kappa shape index (κ1) is 18.1. The van der Waals surface area contributed by atoms with Crippen LogP contribution in [0.2, 0.25) is 0 Å². The minimum Gasteiger partial charge on any atom is -0.356 e. The number of carbonyl (C=O) groups is 1. The summed E-state index contributed by atoms with van der Waals surface area (Å²) < 4.78 is 1.57. The summed E-state index contributed by atoms with van der Waals surface area (Å²) in [5.74, 6) is 1.68. The lowest BCUT2D eigenvalue weighted by atomic mass is 9.96. The van der Waals surface area contributed by atoms with Crippen LogP contribution in [0.5, 0.6) is 0 Å². The molecule has 0 aliphatic carbocycles. The van der Waals surface area contributed by atoms with Crippen LogP contribution in [-0.4, -0.2) is 50.5 Å². The standard InChI is InChI=1S/C20H23N7O/c28-20(22-11-8-16-4-2-1-3-5-16)17-9-12-26(13-10-17)18-6-7-19(25-24-18)27-15-21-14-23-27/h1-7,14-15,17H,8-13H2,(H,22,28). The number of benzene rings is 1. The molecule has 1 aliphatic rings. The van der Waals surface area contributed by atoms with Gasteiger partial charge >= 0.3 is 0 Å². The number of anilines is 1. The smallest absolute Gasteiger partial charge is 0.223 e. The Morgan fingerprint density at radius 3 is 2.46 bits per heavy atom. The first-order valence-corrected chi connectivity index (χ1v) is 9.55. The van der Waals surface area contributed by atoms with Crippen LogP contribution >= 0.6 is 0 Å². The predicted molar refractivity (Wildman–Crippen MR) is 105 cm³/mol. The number of nitrogens with one attached hydrogen (secondary N) is 1. The molecule has 1 saturated heterocycles. The van der Waals surface area contributed by atoms with Crippen molar-refractivity contribution in [2.45, 2.75) is 19.3 Å².